The number of hydrogen-bond acceptors (Lipinski definition) is 2. The van der Waals surface area contributed by atoms with Crippen LogP contribution in [0.15, 0.2) is 191 Å². The summed E-state index contributed by atoms with van der Waals surface area (Å²) in [6, 6.07) is 68.9. The summed E-state index contributed by atoms with van der Waals surface area (Å²) in [7, 11) is 0. The van der Waals surface area contributed by atoms with Crippen LogP contribution in [0.2, 0.25) is 0 Å². The van der Waals surface area contributed by atoms with Crippen molar-refractivity contribution in [2.75, 3.05) is 0 Å². The zero-order valence-electron chi connectivity index (χ0n) is 46.1. The number of hydrogen-bond donors (Lipinski definition) is 0. The third kappa shape index (κ3) is 5.93. The molecule has 0 fully saturated rings. The van der Waals surface area contributed by atoms with Crippen LogP contribution in [0.1, 0.15) is 128 Å². The number of para-hydroxylation sites is 2. The Bertz CT molecular complexity index is 4630. The van der Waals surface area contributed by atoms with Gasteiger partial charge in [0.1, 0.15) is 22.3 Å². The second-order valence-corrected chi connectivity index (χ2v) is 25.5. The summed E-state index contributed by atoms with van der Waals surface area (Å²) in [5.74, 6) is 0.257. The van der Waals surface area contributed by atoms with Gasteiger partial charge in [-0.3, -0.25) is 0 Å². The van der Waals surface area contributed by atoms with Gasteiger partial charge in [-0.1, -0.05) is 213 Å². The van der Waals surface area contributed by atoms with E-state index in [0.717, 1.165) is 40.7 Å². The zero-order chi connectivity index (χ0) is 52.9. The average molecular weight is 1010 g/mol. The van der Waals surface area contributed by atoms with Crippen molar-refractivity contribution in [1.29, 1.82) is 0 Å². The van der Waals surface area contributed by atoms with E-state index in [2.05, 4.69) is 244 Å². The molecule has 0 radical (unpaired) electrons. The zero-order valence-corrected chi connectivity index (χ0v) is 46.1. The Kier molecular flexibility index (Phi) is 9.14. The lowest BCUT2D eigenvalue weighted by atomic mass is 9.72. The molecule has 0 amide bonds. The van der Waals surface area contributed by atoms with Crippen molar-refractivity contribution < 1.29 is 8.83 Å². The molecule has 2 heterocycles. The lowest BCUT2D eigenvalue weighted by Gasteiger charge is -2.31. The van der Waals surface area contributed by atoms with Crippen molar-refractivity contribution in [2.24, 2.45) is 0 Å². The molecule has 0 bridgehead atoms. The molecule has 0 saturated heterocycles. The van der Waals surface area contributed by atoms with Gasteiger partial charge in [0, 0.05) is 54.3 Å². The molecule has 16 rings (SSSR count). The van der Waals surface area contributed by atoms with E-state index in [-0.39, 0.29) is 27.6 Å². The Balaban J connectivity index is 0.803. The molecule has 2 nitrogen and oxygen atoms in total. The third-order valence-electron chi connectivity index (χ3n) is 19.8. The van der Waals surface area contributed by atoms with E-state index in [1.165, 1.54) is 138 Å². The van der Waals surface area contributed by atoms with Crippen molar-refractivity contribution in [3.05, 3.63) is 249 Å². The van der Waals surface area contributed by atoms with Crippen molar-refractivity contribution >= 4 is 43.9 Å². The predicted molar refractivity (Wildman–Crippen MR) is 324 cm³/mol. The Labute approximate surface area is 457 Å². The maximum absolute atomic E-state index is 7.04. The number of fused-ring (bicyclic) bond motifs is 22. The molecule has 2 aromatic heterocycles. The van der Waals surface area contributed by atoms with Crippen molar-refractivity contribution in [3.8, 4) is 55.6 Å². The number of benzene rings is 10. The van der Waals surface area contributed by atoms with Gasteiger partial charge in [0.2, 0.25) is 0 Å². The summed E-state index contributed by atoms with van der Waals surface area (Å²) in [5.41, 5.74) is 32.7. The molecule has 0 aliphatic heterocycles. The van der Waals surface area contributed by atoms with Gasteiger partial charge < -0.3 is 8.83 Å². The van der Waals surface area contributed by atoms with Crippen LogP contribution in [-0.4, -0.2) is 0 Å². The van der Waals surface area contributed by atoms with E-state index in [9.17, 15) is 0 Å². The van der Waals surface area contributed by atoms with Crippen LogP contribution in [0.3, 0.4) is 0 Å². The number of furan rings is 2. The third-order valence-corrected chi connectivity index (χ3v) is 19.8. The maximum Gasteiger partial charge on any atom is 0.144 e. The summed E-state index contributed by atoms with van der Waals surface area (Å²) in [5, 5.41) is 4.84. The Morgan fingerprint density at radius 1 is 0.359 bits per heavy atom. The predicted octanol–water partition coefficient (Wildman–Crippen LogP) is 20.3. The van der Waals surface area contributed by atoms with E-state index >= 15 is 0 Å². The minimum Gasteiger partial charge on any atom is -0.455 e. The minimum absolute atomic E-state index is 0.106. The first-order chi connectivity index (χ1) is 37.6. The fourth-order valence-corrected chi connectivity index (χ4v) is 16.0. The van der Waals surface area contributed by atoms with Gasteiger partial charge in [-0.25, -0.2) is 0 Å². The van der Waals surface area contributed by atoms with Crippen LogP contribution in [0.4, 0.5) is 0 Å². The quantitative estimate of drug-likeness (QED) is 0.166. The molecular weight excluding hydrogens is 945 g/mol. The summed E-state index contributed by atoms with van der Waals surface area (Å²) in [4.78, 5) is 0. The summed E-state index contributed by atoms with van der Waals surface area (Å²) in [6.45, 7) is 21.7. The van der Waals surface area contributed by atoms with Gasteiger partial charge >= 0.3 is 0 Å². The van der Waals surface area contributed by atoms with E-state index in [0.29, 0.717) is 0 Å². The van der Waals surface area contributed by atoms with Gasteiger partial charge in [0.25, 0.3) is 0 Å². The van der Waals surface area contributed by atoms with Crippen molar-refractivity contribution in [1.82, 2.24) is 0 Å². The molecule has 10 aromatic carbocycles. The average Bonchev–Trinajstić information content (AvgIpc) is 4.38. The Morgan fingerprint density at radius 2 is 0.833 bits per heavy atom. The molecule has 12 aromatic rings. The molecule has 1 unspecified atom stereocenters. The highest BCUT2D eigenvalue weighted by molar-refractivity contribution is 6.21. The first-order valence-corrected chi connectivity index (χ1v) is 28.3. The van der Waals surface area contributed by atoms with Gasteiger partial charge in [-0.15, -0.1) is 0 Å². The van der Waals surface area contributed by atoms with E-state index in [4.69, 9.17) is 8.83 Å². The van der Waals surface area contributed by atoms with Crippen molar-refractivity contribution in [3.63, 3.8) is 0 Å². The number of aryl methyl sites for hydroxylation is 1. The van der Waals surface area contributed by atoms with Gasteiger partial charge in [-0.2, -0.15) is 0 Å². The molecule has 378 valence electrons. The Morgan fingerprint density at radius 3 is 1.53 bits per heavy atom. The van der Waals surface area contributed by atoms with Gasteiger partial charge in [-0.05, 0) is 161 Å². The lowest BCUT2D eigenvalue weighted by Crippen LogP contribution is -2.24. The molecule has 4 aliphatic carbocycles. The van der Waals surface area contributed by atoms with E-state index in [1.54, 1.807) is 0 Å². The summed E-state index contributed by atoms with van der Waals surface area (Å²) < 4.78 is 14.0. The van der Waals surface area contributed by atoms with Gasteiger partial charge in [0.15, 0.2) is 0 Å². The van der Waals surface area contributed by atoms with Crippen LogP contribution in [0, 0.1) is 6.92 Å². The molecule has 0 saturated carbocycles. The summed E-state index contributed by atoms with van der Waals surface area (Å²) in [6.07, 6.45) is 1.85. The first kappa shape index (κ1) is 45.9. The Hall–Kier alpha value is -8.20. The largest absolute Gasteiger partial charge is 0.455 e. The highest BCUT2D eigenvalue weighted by Gasteiger charge is 2.49. The van der Waals surface area contributed by atoms with Crippen LogP contribution >= 0.6 is 0 Å². The summed E-state index contributed by atoms with van der Waals surface area (Å²) >= 11 is 0. The molecule has 0 N–H and O–H groups in total. The molecule has 2 heteroatoms. The second-order valence-electron chi connectivity index (χ2n) is 25.5. The lowest BCUT2D eigenvalue weighted by molar-refractivity contribution is 0.598. The highest BCUT2D eigenvalue weighted by atomic mass is 16.3. The van der Waals surface area contributed by atoms with Crippen LogP contribution in [0.25, 0.3) is 99.5 Å². The molecule has 0 spiro atoms. The fourth-order valence-electron chi connectivity index (χ4n) is 16.0. The van der Waals surface area contributed by atoms with Crippen molar-refractivity contribution in [2.45, 2.75) is 103 Å². The van der Waals surface area contributed by atoms with Crippen LogP contribution in [-0.2, 0) is 34.5 Å². The van der Waals surface area contributed by atoms with E-state index in [1.807, 2.05) is 0 Å². The smallest absolute Gasteiger partial charge is 0.144 e. The second kappa shape index (κ2) is 15.5. The topological polar surface area (TPSA) is 26.3 Å². The fraction of sp³-hybridized carbons (Fsp3) is 0.211. The van der Waals surface area contributed by atoms with Crippen LogP contribution in [0.5, 0.6) is 0 Å². The molecule has 4 aliphatic rings. The first-order valence-electron chi connectivity index (χ1n) is 28.3. The molecule has 1 atom stereocenters. The SMILES string of the molecule is Cc1ccccc1C(Cc1ccc2c(c1)C(C)(C)c1cc(-c3ccc4c(c3)C(C)(C)c3ccccc3-4)c3oc4ccccc4c3c1-2)Cc1ccc2c(c1)C(C)(C)c1c3c(c4c(oc5ccccc54)c1-2)-c1ccccc1C3(C)C. The monoisotopic (exact) mass is 1010 g/mol. The standard InChI is InChI=1S/C76H62O2/c1-42-20-10-11-21-47(42)46(37-44-31-34-52-59(39-44)76(8,9)70-68(52)72-67(54-25-15-19-29-63(54)78-72)65-50-23-13-17-27-57(50)75(6,7)69(65)70)36-43-30-33-51-58(38-43)74(4,5)61-41-55(71-66(64(51)61)53-24-14-18-28-62(53)77-71)45-32-35-49-48-22-12-16-26-56(48)73(2,3)60(49)40-45/h10-35,38-41,46H,36-37H2,1-9H3. The molecule has 78 heavy (non-hydrogen) atoms. The van der Waals surface area contributed by atoms with Crippen LogP contribution < -0.4 is 0 Å². The maximum atomic E-state index is 7.04. The minimum atomic E-state index is -0.259. The highest BCUT2D eigenvalue weighted by Crippen LogP contribution is 2.64. The molecular formula is C76H62O2. The normalized spacial score (nSPS) is 16.5. The van der Waals surface area contributed by atoms with Gasteiger partial charge in [0.05, 0.1) is 0 Å². The number of rotatable bonds is 6. The van der Waals surface area contributed by atoms with E-state index < -0.39 is 0 Å².